The molecule has 2 aromatic rings. The van der Waals surface area contributed by atoms with E-state index in [-0.39, 0.29) is 18.1 Å². The summed E-state index contributed by atoms with van der Waals surface area (Å²) in [4.78, 5) is 18.8. The van der Waals surface area contributed by atoms with Crippen molar-refractivity contribution < 1.29 is 18.8 Å². The molecule has 3 heterocycles. The molecule has 1 aliphatic heterocycles. The number of hydrogen-bond donors (Lipinski definition) is 0. The quantitative estimate of drug-likeness (QED) is 0.846. The number of carbonyl (C=O) groups excluding carboxylic acids is 1. The van der Waals surface area contributed by atoms with Gasteiger partial charge in [0.2, 0.25) is 5.88 Å². The highest BCUT2D eigenvalue weighted by molar-refractivity contribution is 5.92. The van der Waals surface area contributed by atoms with Crippen LogP contribution < -0.4 is 4.74 Å². The highest BCUT2D eigenvalue weighted by Gasteiger charge is 2.43. The van der Waals surface area contributed by atoms with Crippen molar-refractivity contribution in [2.75, 3.05) is 19.8 Å². The van der Waals surface area contributed by atoms with Gasteiger partial charge in [-0.15, -0.1) is 0 Å². The molecule has 0 spiro atoms. The summed E-state index contributed by atoms with van der Waals surface area (Å²) in [5.41, 5.74) is 0.367. The highest BCUT2D eigenvalue weighted by Crippen LogP contribution is 2.35. The zero-order chi connectivity index (χ0) is 17.2. The average Bonchev–Trinajstić information content (AvgIpc) is 3.26. The maximum atomic E-state index is 12.7. The second kappa shape index (κ2) is 6.84. The molecule has 2 aliphatic rings. The Bertz CT molecular complexity index is 733. The number of aromatic nitrogens is 2. The molecule has 7 nitrogen and oxygen atoms in total. The fourth-order valence-corrected chi connectivity index (χ4v) is 3.69. The van der Waals surface area contributed by atoms with E-state index in [1.807, 2.05) is 23.1 Å². The van der Waals surface area contributed by atoms with Crippen LogP contribution in [0, 0.1) is 12.8 Å². The maximum Gasteiger partial charge on any atom is 0.276 e. The molecule has 1 amide bonds. The van der Waals surface area contributed by atoms with Crippen LogP contribution in [0.4, 0.5) is 0 Å². The number of aryl methyl sites for hydroxylation is 1. The lowest BCUT2D eigenvalue weighted by molar-refractivity contribution is -0.0451. The molecule has 7 heteroatoms. The van der Waals surface area contributed by atoms with Crippen molar-refractivity contribution in [1.82, 2.24) is 15.0 Å². The van der Waals surface area contributed by atoms with Gasteiger partial charge in [0.15, 0.2) is 5.69 Å². The topological polar surface area (TPSA) is 77.7 Å². The number of rotatable bonds is 4. The Morgan fingerprint density at radius 3 is 3.08 bits per heavy atom. The summed E-state index contributed by atoms with van der Waals surface area (Å²) in [7, 11) is 0. The van der Waals surface area contributed by atoms with Gasteiger partial charge in [0.1, 0.15) is 5.76 Å². The minimum Gasteiger partial charge on any atom is -0.477 e. The number of amides is 1. The normalized spacial score (nSPS) is 25.6. The van der Waals surface area contributed by atoms with Crippen LogP contribution in [-0.2, 0) is 4.74 Å². The van der Waals surface area contributed by atoms with E-state index < -0.39 is 0 Å². The molecule has 3 unspecified atom stereocenters. The number of carbonyl (C=O) groups is 1. The van der Waals surface area contributed by atoms with E-state index in [1.54, 1.807) is 19.2 Å². The van der Waals surface area contributed by atoms with Crippen molar-refractivity contribution in [1.29, 1.82) is 0 Å². The molecule has 25 heavy (non-hydrogen) atoms. The third-order valence-electron chi connectivity index (χ3n) is 4.85. The Hall–Kier alpha value is -2.41. The second-order valence-corrected chi connectivity index (χ2v) is 6.61. The zero-order valence-electron chi connectivity index (χ0n) is 14.1. The summed E-state index contributed by atoms with van der Waals surface area (Å²) >= 11 is 0. The summed E-state index contributed by atoms with van der Waals surface area (Å²) < 4.78 is 16.7. The molecule has 0 aromatic carbocycles. The van der Waals surface area contributed by atoms with E-state index in [1.165, 1.54) is 0 Å². The average molecular weight is 343 g/mol. The molecule has 1 saturated heterocycles. The van der Waals surface area contributed by atoms with E-state index in [0.717, 1.165) is 12.8 Å². The Morgan fingerprint density at radius 2 is 2.32 bits per heavy atom. The minimum absolute atomic E-state index is 0.0584. The summed E-state index contributed by atoms with van der Waals surface area (Å²) in [6.07, 6.45) is 3.52. The molecule has 0 bridgehead atoms. The van der Waals surface area contributed by atoms with Crippen LogP contribution >= 0.6 is 0 Å². The van der Waals surface area contributed by atoms with Crippen LogP contribution in [0.2, 0.25) is 0 Å². The molecule has 0 radical (unpaired) electrons. The van der Waals surface area contributed by atoms with Crippen LogP contribution in [0.3, 0.4) is 0 Å². The third kappa shape index (κ3) is 3.37. The molecule has 3 atom stereocenters. The molecular weight excluding hydrogens is 322 g/mol. The van der Waals surface area contributed by atoms with Gasteiger partial charge in [-0.25, -0.2) is 4.98 Å². The third-order valence-corrected chi connectivity index (χ3v) is 4.85. The number of fused-ring (bicyclic) bond motifs is 1. The molecular formula is C18H21N3O4. The Kier molecular flexibility index (Phi) is 4.40. The first-order valence-corrected chi connectivity index (χ1v) is 8.60. The van der Waals surface area contributed by atoms with Gasteiger partial charge in [0, 0.05) is 24.9 Å². The van der Waals surface area contributed by atoms with Crippen LogP contribution in [0.1, 0.15) is 29.1 Å². The lowest BCUT2D eigenvalue weighted by Gasteiger charge is -2.37. The maximum absolute atomic E-state index is 12.7. The minimum atomic E-state index is -0.0820. The van der Waals surface area contributed by atoms with Gasteiger partial charge in [0.25, 0.3) is 5.91 Å². The SMILES string of the molecule is Cc1cc(C(=O)N2CCOC3CC(COc4ccccn4)CC32)no1. The van der Waals surface area contributed by atoms with Crippen molar-refractivity contribution in [3.05, 3.63) is 41.9 Å². The molecule has 2 aromatic heterocycles. The lowest BCUT2D eigenvalue weighted by Crippen LogP contribution is -2.51. The largest absolute Gasteiger partial charge is 0.477 e. The van der Waals surface area contributed by atoms with Crippen LogP contribution in [0.5, 0.6) is 5.88 Å². The van der Waals surface area contributed by atoms with Gasteiger partial charge in [-0.3, -0.25) is 4.79 Å². The number of hydrogen-bond acceptors (Lipinski definition) is 6. The fraction of sp³-hybridized carbons (Fsp3) is 0.500. The van der Waals surface area contributed by atoms with Crippen molar-refractivity contribution in [3.63, 3.8) is 0 Å². The summed E-state index contributed by atoms with van der Waals surface area (Å²) in [6, 6.07) is 7.36. The number of nitrogens with zero attached hydrogens (tertiary/aromatic N) is 3. The standard InChI is InChI=1S/C18H21N3O4/c1-12-8-14(20-25-12)18(22)21-6-7-23-16-10-13(9-15(16)21)11-24-17-4-2-3-5-19-17/h2-5,8,13,15-16H,6-7,9-11H2,1H3. The fourth-order valence-electron chi connectivity index (χ4n) is 3.69. The predicted molar refractivity (Wildman–Crippen MR) is 88.3 cm³/mol. The molecule has 1 aliphatic carbocycles. The second-order valence-electron chi connectivity index (χ2n) is 6.61. The van der Waals surface area contributed by atoms with E-state index >= 15 is 0 Å². The smallest absolute Gasteiger partial charge is 0.276 e. The monoisotopic (exact) mass is 343 g/mol. The van der Waals surface area contributed by atoms with E-state index in [0.29, 0.717) is 43.0 Å². The van der Waals surface area contributed by atoms with E-state index in [2.05, 4.69) is 10.1 Å². The van der Waals surface area contributed by atoms with Gasteiger partial charge in [-0.1, -0.05) is 11.2 Å². The van der Waals surface area contributed by atoms with Crippen molar-refractivity contribution in [2.24, 2.45) is 5.92 Å². The predicted octanol–water partition coefficient (Wildman–Crippen LogP) is 2.08. The zero-order valence-corrected chi connectivity index (χ0v) is 14.1. The summed E-state index contributed by atoms with van der Waals surface area (Å²) in [5, 5.41) is 3.86. The van der Waals surface area contributed by atoms with Gasteiger partial charge in [-0.2, -0.15) is 0 Å². The van der Waals surface area contributed by atoms with Gasteiger partial charge < -0.3 is 18.9 Å². The molecule has 1 saturated carbocycles. The number of ether oxygens (including phenoxy) is 2. The molecule has 132 valence electrons. The number of pyridine rings is 1. The van der Waals surface area contributed by atoms with Crippen molar-refractivity contribution in [3.8, 4) is 5.88 Å². The van der Waals surface area contributed by atoms with Crippen LogP contribution in [0.25, 0.3) is 0 Å². The molecule has 4 rings (SSSR count). The first kappa shape index (κ1) is 16.1. The molecule has 2 fully saturated rings. The van der Waals surface area contributed by atoms with E-state index in [9.17, 15) is 4.79 Å². The highest BCUT2D eigenvalue weighted by atomic mass is 16.5. The number of morpholine rings is 1. The Morgan fingerprint density at radius 1 is 1.40 bits per heavy atom. The summed E-state index contributed by atoms with van der Waals surface area (Å²) in [6.45, 7) is 3.50. The van der Waals surface area contributed by atoms with Gasteiger partial charge in [0.05, 0.1) is 25.4 Å². The summed E-state index contributed by atoms with van der Waals surface area (Å²) in [5.74, 6) is 1.52. The molecule has 0 N–H and O–H groups in total. The Labute approximate surface area is 145 Å². The van der Waals surface area contributed by atoms with Gasteiger partial charge in [-0.05, 0) is 31.7 Å². The first-order chi connectivity index (χ1) is 12.2. The van der Waals surface area contributed by atoms with Crippen molar-refractivity contribution >= 4 is 5.91 Å². The first-order valence-electron chi connectivity index (χ1n) is 8.60. The lowest BCUT2D eigenvalue weighted by atomic mass is 10.1. The van der Waals surface area contributed by atoms with E-state index in [4.69, 9.17) is 14.0 Å². The van der Waals surface area contributed by atoms with Crippen molar-refractivity contribution in [2.45, 2.75) is 31.9 Å². The van der Waals surface area contributed by atoms with Gasteiger partial charge >= 0.3 is 0 Å². The Balaban J connectivity index is 1.40. The van der Waals surface area contributed by atoms with Crippen LogP contribution in [-0.4, -0.2) is 52.9 Å². The van der Waals surface area contributed by atoms with Crippen LogP contribution in [0.15, 0.2) is 35.0 Å².